The number of carbonyl (C=O) groups is 2. The largest absolute Gasteiger partial charge is 0.489 e. The van der Waals surface area contributed by atoms with Crippen LogP contribution in [-0.2, 0) is 4.79 Å². The Balaban J connectivity index is 0.00000208. The Hall–Kier alpha value is -1.83. The molecule has 8 heteroatoms. The molecule has 0 aliphatic carbocycles. The van der Waals surface area contributed by atoms with Gasteiger partial charge in [-0.3, -0.25) is 9.59 Å². The molecule has 2 aliphatic heterocycles. The summed E-state index contributed by atoms with van der Waals surface area (Å²) in [6.07, 6.45) is 0. The van der Waals surface area contributed by atoms with Crippen molar-refractivity contribution in [2.45, 2.75) is 6.04 Å². The summed E-state index contributed by atoms with van der Waals surface area (Å²) in [4.78, 5) is 30.3. The first-order valence-electron chi connectivity index (χ1n) is 7.75. The van der Waals surface area contributed by atoms with E-state index in [1.165, 1.54) is 4.90 Å². The minimum absolute atomic E-state index is 0. The van der Waals surface area contributed by atoms with Gasteiger partial charge in [-0.1, -0.05) is 0 Å². The standard InChI is InChI=1S/C16H22N4O3.ClH/c1-18-5-7-20(8-6-18)15(21)11-3-4-14-13(9-11)19(2)16(22)12(17)10-23-14;/h3-4,9,12H,5-8,10,17H2,1-2H3;1H/t12-;/m0./s1. The van der Waals surface area contributed by atoms with Gasteiger partial charge in [-0.05, 0) is 25.2 Å². The number of ether oxygens (including phenoxy) is 1. The van der Waals surface area contributed by atoms with Crippen molar-refractivity contribution < 1.29 is 14.3 Å². The number of fused-ring (bicyclic) bond motifs is 1. The molecule has 0 saturated carbocycles. The van der Waals surface area contributed by atoms with Gasteiger partial charge in [0, 0.05) is 38.8 Å². The fourth-order valence-electron chi connectivity index (χ4n) is 2.84. The number of amides is 2. The molecule has 24 heavy (non-hydrogen) atoms. The van der Waals surface area contributed by atoms with Crippen LogP contribution in [0.1, 0.15) is 10.4 Å². The Morgan fingerprint density at radius 2 is 1.88 bits per heavy atom. The van der Waals surface area contributed by atoms with E-state index >= 15 is 0 Å². The fraction of sp³-hybridized carbons (Fsp3) is 0.500. The number of hydrogen-bond acceptors (Lipinski definition) is 5. The van der Waals surface area contributed by atoms with E-state index in [1.807, 2.05) is 11.9 Å². The minimum Gasteiger partial charge on any atom is -0.489 e. The number of likely N-dealkylation sites (N-methyl/N-ethyl adjacent to an activating group) is 2. The van der Waals surface area contributed by atoms with E-state index in [0.717, 1.165) is 13.1 Å². The molecule has 1 fully saturated rings. The highest BCUT2D eigenvalue weighted by Gasteiger charge is 2.28. The number of carbonyl (C=O) groups excluding carboxylic acids is 2. The predicted molar refractivity (Wildman–Crippen MR) is 94.0 cm³/mol. The van der Waals surface area contributed by atoms with Crippen molar-refractivity contribution in [1.29, 1.82) is 0 Å². The first-order chi connectivity index (χ1) is 11.0. The maximum absolute atomic E-state index is 12.7. The molecule has 2 amide bonds. The van der Waals surface area contributed by atoms with Crippen LogP contribution in [0.3, 0.4) is 0 Å². The Morgan fingerprint density at radius 1 is 1.21 bits per heavy atom. The lowest BCUT2D eigenvalue weighted by Crippen LogP contribution is -2.47. The third kappa shape index (κ3) is 3.48. The van der Waals surface area contributed by atoms with Gasteiger partial charge in [0.1, 0.15) is 18.4 Å². The van der Waals surface area contributed by atoms with Crippen molar-refractivity contribution in [2.24, 2.45) is 5.73 Å². The van der Waals surface area contributed by atoms with E-state index in [2.05, 4.69) is 4.90 Å². The first-order valence-corrected chi connectivity index (χ1v) is 7.75. The maximum atomic E-state index is 12.7. The van der Waals surface area contributed by atoms with E-state index in [0.29, 0.717) is 30.1 Å². The molecule has 1 atom stereocenters. The van der Waals surface area contributed by atoms with Gasteiger partial charge in [0.15, 0.2) is 0 Å². The van der Waals surface area contributed by atoms with Crippen molar-refractivity contribution in [1.82, 2.24) is 9.80 Å². The first kappa shape index (κ1) is 18.5. The molecule has 1 aromatic carbocycles. The average molecular weight is 355 g/mol. The number of nitrogens with zero attached hydrogens (tertiary/aromatic N) is 3. The molecule has 2 N–H and O–H groups in total. The van der Waals surface area contributed by atoms with E-state index in [4.69, 9.17) is 10.5 Å². The van der Waals surface area contributed by atoms with E-state index < -0.39 is 6.04 Å². The number of rotatable bonds is 1. The summed E-state index contributed by atoms with van der Waals surface area (Å²) < 4.78 is 5.58. The lowest BCUT2D eigenvalue weighted by molar-refractivity contribution is -0.119. The quantitative estimate of drug-likeness (QED) is 0.778. The zero-order valence-corrected chi connectivity index (χ0v) is 14.7. The molecule has 1 saturated heterocycles. The van der Waals surface area contributed by atoms with Gasteiger partial charge in [0.05, 0.1) is 5.69 Å². The number of benzene rings is 1. The summed E-state index contributed by atoms with van der Waals surface area (Å²) in [6, 6.07) is 4.50. The van der Waals surface area contributed by atoms with Crippen LogP contribution >= 0.6 is 12.4 Å². The van der Waals surface area contributed by atoms with E-state index in [-0.39, 0.29) is 30.8 Å². The van der Waals surface area contributed by atoms with Crippen LogP contribution in [0.2, 0.25) is 0 Å². The fourth-order valence-corrected chi connectivity index (χ4v) is 2.84. The second-order valence-corrected chi connectivity index (χ2v) is 6.09. The zero-order valence-electron chi connectivity index (χ0n) is 13.9. The summed E-state index contributed by atoms with van der Waals surface area (Å²) in [5.41, 5.74) is 6.93. The maximum Gasteiger partial charge on any atom is 0.254 e. The summed E-state index contributed by atoms with van der Waals surface area (Å²) in [5.74, 6) is 0.340. The summed E-state index contributed by atoms with van der Waals surface area (Å²) in [5, 5.41) is 0. The van der Waals surface area contributed by atoms with Crippen LogP contribution in [0, 0.1) is 0 Å². The highest BCUT2D eigenvalue weighted by atomic mass is 35.5. The van der Waals surface area contributed by atoms with Crippen LogP contribution < -0.4 is 15.4 Å². The number of hydrogen-bond donors (Lipinski definition) is 1. The molecule has 0 spiro atoms. The van der Waals surface area contributed by atoms with Crippen molar-refractivity contribution in [3.8, 4) is 5.75 Å². The predicted octanol–water partition coefficient (Wildman–Crippen LogP) is 0.178. The van der Waals surface area contributed by atoms with Crippen LogP contribution in [-0.4, -0.2) is 74.5 Å². The molecule has 0 radical (unpaired) electrons. The highest BCUT2D eigenvalue weighted by molar-refractivity contribution is 6.01. The number of halogens is 1. The van der Waals surface area contributed by atoms with Crippen LogP contribution in [0.15, 0.2) is 18.2 Å². The van der Waals surface area contributed by atoms with Gasteiger partial charge >= 0.3 is 0 Å². The minimum atomic E-state index is -0.691. The number of anilines is 1. The van der Waals surface area contributed by atoms with Crippen molar-refractivity contribution in [3.05, 3.63) is 23.8 Å². The Labute approximate surface area is 147 Å². The second kappa shape index (κ2) is 7.38. The van der Waals surface area contributed by atoms with Crippen LogP contribution in [0.25, 0.3) is 0 Å². The zero-order chi connectivity index (χ0) is 16.6. The highest BCUT2D eigenvalue weighted by Crippen LogP contribution is 2.31. The van der Waals surface area contributed by atoms with E-state index in [9.17, 15) is 9.59 Å². The van der Waals surface area contributed by atoms with Crippen molar-refractivity contribution in [2.75, 3.05) is 51.8 Å². The van der Waals surface area contributed by atoms with Gasteiger partial charge in [-0.2, -0.15) is 0 Å². The van der Waals surface area contributed by atoms with Gasteiger partial charge in [-0.15, -0.1) is 12.4 Å². The van der Waals surface area contributed by atoms with Gasteiger partial charge in [-0.25, -0.2) is 0 Å². The SMILES string of the molecule is CN1CCN(C(=O)c2ccc3c(c2)N(C)C(=O)[C@@H](N)CO3)CC1.Cl. The number of piperazine rings is 1. The van der Waals surface area contributed by atoms with Crippen molar-refractivity contribution in [3.63, 3.8) is 0 Å². The summed E-state index contributed by atoms with van der Waals surface area (Å²) in [7, 11) is 3.70. The summed E-state index contributed by atoms with van der Waals surface area (Å²) >= 11 is 0. The summed E-state index contributed by atoms with van der Waals surface area (Å²) in [6.45, 7) is 3.30. The van der Waals surface area contributed by atoms with Gasteiger partial charge in [0.25, 0.3) is 5.91 Å². The molecular formula is C16H23ClN4O3. The smallest absolute Gasteiger partial charge is 0.254 e. The molecule has 132 valence electrons. The second-order valence-electron chi connectivity index (χ2n) is 6.09. The molecule has 2 heterocycles. The molecule has 2 aliphatic rings. The average Bonchev–Trinajstić information content (AvgIpc) is 2.67. The van der Waals surface area contributed by atoms with Gasteiger partial charge in [0.2, 0.25) is 5.91 Å². The monoisotopic (exact) mass is 354 g/mol. The van der Waals surface area contributed by atoms with E-state index in [1.54, 1.807) is 25.2 Å². The lowest BCUT2D eigenvalue weighted by Gasteiger charge is -2.32. The Kier molecular flexibility index (Phi) is 5.69. The molecule has 3 rings (SSSR count). The molecule has 0 unspecified atom stereocenters. The molecule has 0 bridgehead atoms. The van der Waals surface area contributed by atoms with Crippen LogP contribution in [0.4, 0.5) is 5.69 Å². The lowest BCUT2D eigenvalue weighted by atomic mass is 10.1. The third-order valence-electron chi connectivity index (χ3n) is 4.42. The van der Waals surface area contributed by atoms with Crippen molar-refractivity contribution >= 4 is 29.9 Å². The molecule has 1 aromatic rings. The van der Waals surface area contributed by atoms with Crippen LogP contribution in [0.5, 0.6) is 5.75 Å². The topological polar surface area (TPSA) is 79.1 Å². The Bertz CT molecular complexity index is 632. The normalized spacial score (nSPS) is 21.5. The number of nitrogens with two attached hydrogens (primary N) is 1. The third-order valence-corrected chi connectivity index (χ3v) is 4.42. The van der Waals surface area contributed by atoms with Gasteiger partial charge < -0.3 is 25.2 Å². The molecule has 7 nitrogen and oxygen atoms in total. The Morgan fingerprint density at radius 3 is 2.54 bits per heavy atom. The molecule has 0 aromatic heterocycles. The molecular weight excluding hydrogens is 332 g/mol.